The molecule has 0 aromatic carbocycles. The molecule has 1 amide bonds. The molecule has 1 fully saturated rings. The van der Waals surface area contributed by atoms with E-state index in [4.69, 9.17) is 0 Å². The van der Waals surface area contributed by atoms with E-state index in [9.17, 15) is 4.79 Å². The van der Waals surface area contributed by atoms with Gasteiger partial charge in [0, 0.05) is 25.2 Å². The van der Waals surface area contributed by atoms with Crippen molar-refractivity contribution in [2.45, 2.75) is 25.4 Å². The summed E-state index contributed by atoms with van der Waals surface area (Å²) in [6, 6.07) is -0.0753. The zero-order valence-electron chi connectivity index (χ0n) is 10.8. The molecule has 1 unspecified atom stereocenters. The van der Waals surface area contributed by atoms with Crippen LogP contribution in [0.1, 0.15) is 13.8 Å². The summed E-state index contributed by atoms with van der Waals surface area (Å²) in [6.07, 6.45) is 1.79. The molecule has 0 saturated carbocycles. The first-order valence-electron chi connectivity index (χ1n) is 5.71. The van der Waals surface area contributed by atoms with Crippen molar-refractivity contribution in [2.75, 3.05) is 33.7 Å². The van der Waals surface area contributed by atoms with Gasteiger partial charge in [-0.15, -0.1) is 6.58 Å². The summed E-state index contributed by atoms with van der Waals surface area (Å²) in [4.78, 5) is 16.2. The fourth-order valence-corrected chi connectivity index (χ4v) is 2.18. The highest BCUT2D eigenvalue weighted by Gasteiger charge is 2.41. The van der Waals surface area contributed by atoms with Crippen LogP contribution in [0.2, 0.25) is 0 Å². The predicted octanol–water partition coefficient (Wildman–Crippen LogP) is 0.313. The molecule has 92 valence electrons. The van der Waals surface area contributed by atoms with Crippen LogP contribution in [0.15, 0.2) is 12.7 Å². The monoisotopic (exact) mass is 225 g/mol. The topological polar surface area (TPSA) is 35.6 Å². The molecule has 4 heteroatoms. The minimum atomic E-state index is -0.0753. The Morgan fingerprint density at radius 1 is 1.62 bits per heavy atom. The van der Waals surface area contributed by atoms with Crippen molar-refractivity contribution < 1.29 is 4.79 Å². The minimum absolute atomic E-state index is 0.0123. The van der Waals surface area contributed by atoms with Crippen LogP contribution in [0.5, 0.6) is 0 Å². The lowest BCUT2D eigenvalue weighted by Crippen LogP contribution is -2.67. The van der Waals surface area contributed by atoms with Crippen LogP contribution >= 0.6 is 0 Å². The Bertz CT molecular complexity index is 275. The second-order valence-electron chi connectivity index (χ2n) is 5.00. The summed E-state index contributed by atoms with van der Waals surface area (Å²) in [5.74, 6) is 0.191. The second-order valence-corrected chi connectivity index (χ2v) is 5.00. The quantitative estimate of drug-likeness (QED) is 0.700. The van der Waals surface area contributed by atoms with E-state index in [0.717, 1.165) is 6.54 Å². The summed E-state index contributed by atoms with van der Waals surface area (Å²) in [5, 5.41) is 3.08. The van der Waals surface area contributed by atoms with Crippen LogP contribution in [0.25, 0.3) is 0 Å². The van der Waals surface area contributed by atoms with E-state index in [0.29, 0.717) is 13.1 Å². The van der Waals surface area contributed by atoms with Crippen LogP contribution in [0.4, 0.5) is 0 Å². The highest BCUT2D eigenvalue weighted by atomic mass is 16.2. The third-order valence-corrected chi connectivity index (χ3v) is 3.34. The molecule has 16 heavy (non-hydrogen) atoms. The molecule has 1 aliphatic rings. The Morgan fingerprint density at radius 2 is 2.25 bits per heavy atom. The predicted molar refractivity (Wildman–Crippen MR) is 66.3 cm³/mol. The second kappa shape index (κ2) is 4.97. The van der Waals surface area contributed by atoms with Crippen molar-refractivity contribution in [1.29, 1.82) is 0 Å². The van der Waals surface area contributed by atoms with Crippen molar-refractivity contribution in [3.05, 3.63) is 12.7 Å². The average molecular weight is 225 g/mol. The van der Waals surface area contributed by atoms with E-state index in [1.807, 2.05) is 19.0 Å². The molecule has 0 aromatic rings. The van der Waals surface area contributed by atoms with Gasteiger partial charge in [-0.25, -0.2) is 0 Å². The van der Waals surface area contributed by atoms with Crippen LogP contribution in [0.3, 0.4) is 0 Å². The molecule has 0 spiro atoms. The van der Waals surface area contributed by atoms with Crippen LogP contribution in [-0.2, 0) is 4.79 Å². The van der Waals surface area contributed by atoms with E-state index in [2.05, 4.69) is 30.6 Å². The number of likely N-dealkylation sites (N-methyl/N-ethyl adjacent to an activating group) is 2. The van der Waals surface area contributed by atoms with Gasteiger partial charge in [0.05, 0.1) is 0 Å². The Balaban J connectivity index is 2.88. The number of carbonyl (C=O) groups excluding carboxylic acids is 1. The summed E-state index contributed by atoms with van der Waals surface area (Å²) in [5.41, 5.74) is 0.0123. The third kappa shape index (κ3) is 2.44. The summed E-state index contributed by atoms with van der Waals surface area (Å²) < 4.78 is 0. The van der Waals surface area contributed by atoms with Gasteiger partial charge in [0.1, 0.15) is 6.04 Å². The molecule has 1 aliphatic heterocycles. The molecule has 1 rings (SSSR count). The van der Waals surface area contributed by atoms with E-state index >= 15 is 0 Å². The number of piperazine rings is 1. The van der Waals surface area contributed by atoms with Gasteiger partial charge in [-0.05, 0) is 27.9 Å². The molecule has 4 nitrogen and oxygen atoms in total. The van der Waals surface area contributed by atoms with Crippen molar-refractivity contribution in [3.63, 3.8) is 0 Å². The van der Waals surface area contributed by atoms with Gasteiger partial charge in [0.2, 0.25) is 5.91 Å². The van der Waals surface area contributed by atoms with Gasteiger partial charge in [0.25, 0.3) is 0 Å². The molecule has 0 radical (unpaired) electrons. The molecule has 1 heterocycles. The van der Waals surface area contributed by atoms with Gasteiger partial charge in [-0.1, -0.05) is 6.08 Å². The Labute approximate surface area is 98.3 Å². The van der Waals surface area contributed by atoms with E-state index in [-0.39, 0.29) is 17.5 Å². The van der Waals surface area contributed by atoms with Crippen molar-refractivity contribution in [2.24, 2.45) is 0 Å². The molecule has 0 aliphatic carbocycles. The fourth-order valence-electron chi connectivity index (χ4n) is 2.18. The number of hydrogen-bond donors (Lipinski definition) is 1. The summed E-state index contributed by atoms with van der Waals surface area (Å²) in [7, 11) is 3.89. The highest BCUT2D eigenvalue weighted by Crippen LogP contribution is 2.23. The van der Waals surface area contributed by atoms with Gasteiger partial charge >= 0.3 is 0 Å². The number of nitrogens with zero attached hydrogens (tertiary/aromatic N) is 2. The SMILES string of the molecule is C=CCN1CC(C)(C)N(C)C(CNC)C1=O. The largest absolute Gasteiger partial charge is 0.336 e. The van der Waals surface area contributed by atoms with Gasteiger partial charge in [-0.2, -0.15) is 0 Å². The van der Waals surface area contributed by atoms with Gasteiger partial charge in [0.15, 0.2) is 0 Å². The van der Waals surface area contributed by atoms with Crippen LogP contribution in [0, 0.1) is 0 Å². The first-order valence-corrected chi connectivity index (χ1v) is 5.71. The molecule has 1 atom stereocenters. The van der Waals surface area contributed by atoms with Crippen molar-refractivity contribution >= 4 is 5.91 Å². The third-order valence-electron chi connectivity index (χ3n) is 3.34. The molecular weight excluding hydrogens is 202 g/mol. The van der Waals surface area contributed by atoms with Crippen molar-refractivity contribution in [1.82, 2.24) is 15.1 Å². The minimum Gasteiger partial charge on any atom is -0.336 e. The van der Waals surface area contributed by atoms with Crippen LogP contribution < -0.4 is 5.32 Å². The smallest absolute Gasteiger partial charge is 0.241 e. The maximum atomic E-state index is 12.2. The lowest BCUT2D eigenvalue weighted by Gasteiger charge is -2.49. The molecule has 0 aromatic heterocycles. The zero-order chi connectivity index (χ0) is 12.3. The summed E-state index contributed by atoms with van der Waals surface area (Å²) >= 11 is 0. The van der Waals surface area contributed by atoms with Gasteiger partial charge < -0.3 is 10.2 Å². The Hall–Kier alpha value is -0.870. The van der Waals surface area contributed by atoms with Gasteiger partial charge in [-0.3, -0.25) is 9.69 Å². The fraction of sp³-hybridized carbons (Fsp3) is 0.750. The number of amides is 1. The first kappa shape index (κ1) is 13.2. The number of rotatable bonds is 4. The van der Waals surface area contributed by atoms with E-state index in [1.54, 1.807) is 6.08 Å². The average Bonchev–Trinajstić information content (AvgIpc) is 2.21. The lowest BCUT2D eigenvalue weighted by atomic mass is 9.95. The number of nitrogens with one attached hydrogen (secondary N) is 1. The highest BCUT2D eigenvalue weighted by molar-refractivity contribution is 5.83. The molecule has 1 saturated heterocycles. The van der Waals surface area contributed by atoms with Crippen LogP contribution in [-0.4, -0.2) is 61.0 Å². The first-order chi connectivity index (χ1) is 7.44. The Kier molecular flexibility index (Phi) is 4.10. The number of hydrogen-bond acceptors (Lipinski definition) is 3. The normalized spacial score (nSPS) is 25.9. The maximum Gasteiger partial charge on any atom is 0.241 e. The number of carbonyl (C=O) groups is 1. The standard InChI is InChI=1S/C12H23N3O/c1-6-7-15-9-12(2,3)14(5)10(8-13-4)11(15)16/h6,10,13H,1,7-9H2,2-5H3. The zero-order valence-corrected chi connectivity index (χ0v) is 10.8. The van der Waals surface area contributed by atoms with E-state index in [1.165, 1.54) is 0 Å². The molecular formula is C12H23N3O. The summed E-state index contributed by atoms with van der Waals surface area (Å²) in [6.45, 7) is 10.1. The van der Waals surface area contributed by atoms with E-state index < -0.39 is 0 Å². The Morgan fingerprint density at radius 3 is 2.75 bits per heavy atom. The maximum absolute atomic E-state index is 12.2. The lowest BCUT2D eigenvalue weighted by molar-refractivity contribution is -0.147. The molecule has 1 N–H and O–H groups in total. The van der Waals surface area contributed by atoms with Crippen molar-refractivity contribution in [3.8, 4) is 0 Å². The molecule has 0 bridgehead atoms.